The van der Waals surface area contributed by atoms with Crippen LogP contribution in [0.15, 0.2) is 75.7 Å². The standard InChI is InChI=1S/C36H38ClN3O4S/c1-8-39(9-2)35(42)32-24(6)38-36-40(33(32)26-11-13-27(37)14-12-26)34(41)31(45-36)19-25-10-15-29(30(18-25)43-7)44-20-28-22(4)16-21(3)17-23(28)5/h10-19,33H,8-9,20H2,1-7H3/b31-19+/t33-/m1/s1. The van der Waals surface area contributed by atoms with Gasteiger partial charge >= 0.3 is 0 Å². The second-order valence-corrected chi connectivity index (χ2v) is 12.6. The number of thiazole rings is 1. The third-order valence-electron chi connectivity index (χ3n) is 8.19. The Kier molecular flexibility index (Phi) is 9.65. The molecule has 0 radical (unpaired) electrons. The number of allylic oxidation sites excluding steroid dienone is 1. The normalized spacial score (nSPS) is 14.7. The number of carbonyl (C=O) groups excluding carboxylic acids is 1. The Hall–Kier alpha value is -4.14. The molecule has 0 saturated heterocycles. The third kappa shape index (κ3) is 6.49. The summed E-state index contributed by atoms with van der Waals surface area (Å²) >= 11 is 7.51. The summed E-state index contributed by atoms with van der Waals surface area (Å²) in [6.07, 6.45) is 1.83. The van der Waals surface area contributed by atoms with Crippen molar-refractivity contribution in [2.24, 2.45) is 4.99 Å². The quantitative estimate of drug-likeness (QED) is 0.216. The van der Waals surface area contributed by atoms with Crippen molar-refractivity contribution in [1.82, 2.24) is 9.47 Å². The SMILES string of the molecule is CCN(CC)C(=O)C1=C(C)N=c2s/c(=C/c3ccc(OCc4c(C)cc(C)cc4C)c(OC)c3)c(=O)n2[C@@H]1c1ccc(Cl)cc1. The number of likely N-dealkylation sites (N-methyl/N-ethyl adjacent to an activating group) is 1. The summed E-state index contributed by atoms with van der Waals surface area (Å²) in [5.41, 5.74) is 7.19. The van der Waals surface area contributed by atoms with E-state index in [2.05, 4.69) is 32.9 Å². The number of hydrogen-bond acceptors (Lipinski definition) is 6. The van der Waals surface area contributed by atoms with E-state index in [9.17, 15) is 9.59 Å². The Balaban J connectivity index is 1.55. The van der Waals surface area contributed by atoms with Crippen molar-refractivity contribution >= 4 is 34.9 Å². The van der Waals surface area contributed by atoms with Crippen LogP contribution in [-0.4, -0.2) is 35.6 Å². The molecule has 2 heterocycles. The van der Waals surface area contributed by atoms with Crippen LogP contribution in [0.2, 0.25) is 5.02 Å². The number of rotatable bonds is 9. The van der Waals surface area contributed by atoms with Crippen molar-refractivity contribution in [1.29, 1.82) is 0 Å². The molecule has 0 spiro atoms. The molecule has 5 rings (SSSR count). The summed E-state index contributed by atoms with van der Waals surface area (Å²) in [5.74, 6) is 1.06. The summed E-state index contributed by atoms with van der Waals surface area (Å²) in [7, 11) is 1.60. The minimum Gasteiger partial charge on any atom is -0.493 e. The van der Waals surface area contributed by atoms with Gasteiger partial charge in [0.1, 0.15) is 6.61 Å². The number of aromatic nitrogens is 1. The monoisotopic (exact) mass is 643 g/mol. The first kappa shape index (κ1) is 32.3. The van der Waals surface area contributed by atoms with Gasteiger partial charge in [-0.25, -0.2) is 4.99 Å². The van der Waals surface area contributed by atoms with E-state index in [0.717, 1.165) is 16.7 Å². The number of nitrogens with zero attached hydrogens (tertiary/aromatic N) is 3. The lowest BCUT2D eigenvalue weighted by Crippen LogP contribution is -2.43. The summed E-state index contributed by atoms with van der Waals surface area (Å²) in [6, 6.07) is 16.6. The molecule has 0 N–H and O–H groups in total. The van der Waals surface area contributed by atoms with E-state index in [1.807, 2.05) is 57.2 Å². The van der Waals surface area contributed by atoms with Gasteiger partial charge in [0, 0.05) is 18.1 Å². The van der Waals surface area contributed by atoms with Crippen LogP contribution in [-0.2, 0) is 11.4 Å². The molecule has 7 nitrogen and oxygen atoms in total. The van der Waals surface area contributed by atoms with E-state index in [4.69, 9.17) is 26.1 Å². The maximum atomic E-state index is 14.1. The number of fused-ring (bicyclic) bond motifs is 1. The summed E-state index contributed by atoms with van der Waals surface area (Å²) in [6.45, 7) is 13.5. The second-order valence-electron chi connectivity index (χ2n) is 11.2. The molecule has 9 heteroatoms. The van der Waals surface area contributed by atoms with Gasteiger partial charge in [-0.15, -0.1) is 0 Å². The van der Waals surface area contributed by atoms with Gasteiger partial charge in [-0.05, 0) is 99.7 Å². The zero-order chi connectivity index (χ0) is 32.4. The molecule has 0 unspecified atom stereocenters. The molecular formula is C36H38ClN3O4S. The Labute approximate surface area is 272 Å². The molecule has 0 saturated carbocycles. The first-order valence-corrected chi connectivity index (χ1v) is 16.2. The number of carbonyl (C=O) groups is 1. The van der Waals surface area contributed by atoms with Gasteiger partial charge in [0.15, 0.2) is 16.3 Å². The predicted molar refractivity (Wildman–Crippen MR) is 181 cm³/mol. The first-order valence-electron chi connectivity index (χ1n) is 15.0. The number of methoxy groups -OCH3 is 1. The highest BCUT2D eigenvalue weighted by Crippen LogP contribution is 2.33. The molecule has 1 aromatic heterocycles. The first-order chi connectivity index (χ1) is 21.6. The highest BCUT2D eigenvalue weighted by atomic mass is 35.5. The van der Waals surface area contributed by atoms with E-state index < -0.39 is 6.04 Å². The summed E-state index contributed by atoms with van der Waals surface area (Å²) < 4.78 is 14.0. The van der Waals surface area contributed by atoms with E-state index in [-0.39, 0.29) is 11.5 Å². The largest absolute Gasteiger partial charge is 0.493 e. The summed E-state index contributed by atoms with van der Waals surface area (Å²) in [5, 5.41) is 0.578. The fourth-order valence-corrected chi connectivity index (χ4v) is 7.04. The molecule has 1 aliphatic heterocycles. The average molecular weight is 644 g/mol. The van der Waals surface area contributed by atoms with Gasteiger partial charge in [0.25, 0.3) is 11.5 Å². The molecule has 3 aromatic carbocycles. The van der Waals surface area contributed by atoms with Crippen LogP contribution in [0.5, 0.6) is 11.5 Å². The topological polar surface area (TPSA) is 73.1 Å². The Morgan fingerprint density at radius 1 is 1.00 bits per heavy atom. The van der Waals surface area contributed by atoms with Gasteiger partial charge < -0.3 is 14.4 Å². The van der Waals surface area contributed by atoms with Crippen molar-refractivity contribution in [2.75, 3.05) is 20.2 Å². The zero-order valence-corrected chi connectivity index (χ0v) is 28.3. The number of hydrogen-bond donors (Lipinski definition) is 0. The van der Waals surface area contributed by atoms with Crippen LogP contribution in [0.3, 0.4) is 0 Å². The van der Waals surface area contributed by atoms with Crippen molar-refractivity contribution < 1.29 is 14.3 Å². The number of aryl methyl sites for hydroxylation is 3. The minimum atomic E-state index is -0.632. The van der Waals surface area contributed by atoms with Crippen molar-refractivity contribution in [3.05, 3.63) is 124 Å². The molecule has 1 aliphatic rings. The minimum absolute atomic E-state index is 0.133. The maximum absolute atomic E-state index is 14.1. The molecule has 1 amide bonds. The van der Waals surface area contributed by atoms with E-state index >= 15 is 0 Å². The van der Waals surface area contributed by atoms with E-state index in [0.29, 0.717) is 56.8 Å². The summed E-state index contributed by atoms with van der Waals surface area (Å²) in [4.78, 5) is 34.9. The van der Waals surface area contributed by atoms with Gasteiger partial charge in [-0.3, -0.25) is 14.2 Å². The van der Waals surface area contributed by atoms with Crippen molar-refractivity contribution in [3.63, 3.8) is 0 Å². The van der Waals surface area contributed by atoms with Crippen LogP contribution in [0.25, 0.3) is 6.08 Å². The van der Waals surface area contributed by atoms with Gasteiger partial charge in [-0.2, -0.15) is 0 Å². The van der Waals surface area contributed by atoms with E-state index in [1.165, 1.54) is 28.0 Å². The second kappa shape index (κ2) is 13.5. The number of benzene rings is 3. The van der Waals surface area contributed by atoms with E-state index in [1.54, 1.807) is 28.7 Å². The fourth-order valence-electron chi connectivity index (χ4n) is 5.87. The van der Waals surface area contributed by atoms with Crippen LogP contribution >= 0.6 is 22.9 Å². The maximum Gasteiger partial charge on any atom is 0.271 e. The molecule has 234 valence electrons. The number of halogens is 1. The predicted octanol–water partition coefficient (Wildman–Crippen LogP) is 6.27. The number of amides is 1. The lowest BCUT2D eigenvalue weighted by Gasteiger charge is -2.29. The third-order valence-corrected chi connectivity index (χ3v) is 9.42. The lowest BCUT2D eigenvalue weighted by molar-refractivity contribution is -0.127. The van der Waals surface area contributed by atoms with Crippen LogP contribution < -0.4 is 24.4 Å². The smallest absolute Gasteiger partial charge is 0.271 e. The molecular weight excluding hydrogens is 606 g/mol. The Bertz CT molecular complexity index is 1950. The number of ether oxygens (including phenoxy) is 2. The highest BCUT2D eigenvalue weighted by Gasteiger charge is 2.34. The molecule has 4 aromatic rings. The van der Waals surface area contributed by atoms with Gasteiger partial charge in [0.05, 0.1) is 29.0 Å². The van der Waals surface area contributed by atoms with Crippen molar-refractivity contribution in [3.8, 4) is 11.5 Å². The molecule has 1 atom stereocenters. The lowest BCUT2D eigenvalue weighted by atomic mass is 9.94. The molecule has 0 fully saturated rings. The molecule has 0 bridgehead atoms. The van der Waals surface area contributed by atoms with Crippen LogP contribution in [0.1, 0.15) is 60.2 Å². The fraction of sp³-hybridized carbons (Fsp3) is 0.306. The molecule has 45 heavy (non-hydrogen) atoms. The average Bonchev–Trinajstić information content (AvgIpc) is 3.31. The van der Waals surface area contributed by atoms with Gasteiger partial charge in [0.2, 0.25) is 0 Å². The van der Waals surface area contributed by atoms with Crippen molar-refractivity contribution in [2.45, 2.75) is 54.2 Å². The zero-order valence-electron chi connectivity index (χ0n) is 26.7. The van der Waals surface area contributed by atoms with Crippen LogP contribution in [0, 0.1) is 20.8 Å². The molecule has 0 aliphatic carbocycles. The van der Waals surface area contributed by atoms with Crippen LogP contribution in [0.4, 0.5) is 0 Å². The highest BCUT2D eigenvalue weighted by molar-refractivity contribution is 7.07. The Morgan fingerprint density at radius 3 is 2.29 bits per heavy atom. The van der Waals surface area contributed by atoms with Gasteiger partial charge in [-0.1, -0.05) is 58.8 Å². The Morgan fingerprint density at radius 2 is 1.67 bits per heavy atom.